The van der Waals surface area contributed by atoms with Gasteiger partial charge in [0.2, 0.25) is 0 Å². The molecule has 2 heterocycles. The Hall–Kier alpha value is -0.630. The molecule has 0 saturated heterocycles. The van der Waals surface area contributed by atoms with Crippen molar-refractivity contribution in [2.45, 2.75) is 19.4 Å². The monoisotopic (exact) mass is 241 g/mol. The van der Waals surface area contributed by atoms with Gasteiger partial charge in [-0.25, -0.2) is 4.98 Å². The zero-order valence-corrected chi connectivity index (χ0v) is 10.4. The first-order valence-electron chi connectivity index (χ1n) is 4.74. The van der Waals surface area contributed by atoms with E-state index in [-0.39, 0.29) is 6.04 Å². The molecule has 2 aromatic heterocycles. The van der Waals surface area contributed by atoms with E-state index in [1.165, 1.54) is 0 Å². The Labute approximate surface area is 95.9 Å². The normalized spacial score (nSPS) is 13.3. The molecule has 0 saturated carbocycles. The second kappa shape index (κ2) is 4.09. The number of rotatable bonds is 2. The molecule has 15 heavy (non-hydrogen) atoms. The molecule has 2 unspecified atom stereocenters. The van der Waals surface area contributed by atoms with Gasteiger partial charge in [0.15, 0.2) is 0 Å². The Balaban J connectivity index is 2.65. The summed E-state index contributed by atoms with van der Waals surface area (Å²) in [6.07, 6.45) is 4.53. The molecule has 3 nitrogen and oxygen atoms in total. The van der Waals surface area contributed by atoms with Crippen LogP contribution in [0.1, 0.15) is 12.5 Å². The number of halogens is 1. The van der Waals surface area contributed by atoms with Gasteiger partial charge in [-0.05, 0) is 34.4 Å². The van der Waals surface area contributed by atoms with Crippen LogP contribution in [0.3, 0.4) is 0 Å². The Morgan fingerprint density at radius 2 is 2.40 bits per heavy atom. The van der Waals surface area contributed by atoms with Crippen LogP contribution < -0.4 is 5.73 Å². The molecule has 2 atom stereocenters. The minimum absolute atomic E-state index is 0.122. The number of hydrogen-bond acceptors (Lipinski definition) is 2. The fourth-order valence-electron chi connectivity index (χ4n) is 1.72. The van der Waals surface area contributed by atoms with E-state index in [2.05, 4.69) is 14.4 Å². The lowest BCUT2D eigenvalue weighted by atomic mass is 10.1. The Morgan fingerprint density at radius 1 is 1.67 bits per heavy atom. The van der Waals surface area contributed by atoms with Crippen molar-refractivity contribution in [3.05, 3.63) is 29.0 Å². The fourth-order valence-corrected chi connectivity index (χ4v) is 2.35. The van der Waals surface area contributed by atoms with Gasteiger partial charge in [-0.15, -0.1) is 0 Å². The van der Waals surface area contributed by atoms with Crippen molar-refractivity contribution in [1.29, 1.82) is 0 Å². The average Bonchev–Trinajstić information content (AvgIpc) is 2.44. The number of pyridine rings is 1. The SMILES string of the molecule is CC(N)Cc1cn(P)c2nccc(Cl)c12. The lowest BCUT2D eigenvalue weighted by Crippen LogP contribution is -2.17. The molecule has 5 heteroatoms. The summed E-state index contributed by atoms with van der Waals surface area (Å²) in [6.45, 7) is 1.98. The van der Waals surface area contributed by atoms with Crippen molar-refractivity contribution in [2.24, 2.45) is 5.73 Å². The summed E-state index contributed by atoms with van der Waals surface area (Å²) in [7, 11) is 2.60. The summed E-state index contributed by atoms with van der Waals surface area (Å²) >= 11 is 6.16. The topological polar surface area (TPSA) is 43.8 Å². The minimum atomic E-state index is 0.122. The first-order chi connectivity index (χ1) is 7.09. The summed E-state index contributed by atoms with van der Waals surface area (Å²) in [4.78, 5) is 4.29. The van der Waals surface area contributed by atoms with E-state index in [0.29, 0.717) is 0 Å². The lowest BCUT2D eigenvalue weighted by Gasteiger charge is -2.03. The van der Waals surface area contributed by atoms with Gasteiger partial charge in [-0.1, -0.05) is 11.6 Å². The van der Waals surface area contributed by atoms with Crippen LogP contribution in [-0.2, 0) is 6.42 Å². The van der Waals surface area contributed by atoms with Crippen molar-refractivity contribution < 1.29 is 0 Å². The molecular weight excluding hydrogens is 229 g/mol. The molecule has 0 aliphatic heterocycles. The third-order valence-electron chi connectivity index (χ3n) is 2.28. The predicted octanol–water partition coefficient (Wildman–Crippen LogP) is 2.22. The summed E-state index contributed by atoms with van der Waals surface area (Å²) in [5, 5.41) is 1.74. The smallest absolute Gasteiger partial charge is 0.144 e. The van der Waals surface area contributed by atoms with Crippen molar-refractivity contribution >= 4 is 32.0 Å². The summed E-state index contributed by atoms with van der Waals surface area (Å²) in [6, 6.07) is 1.93. The predicted molar refractivity (Wildman–Crippen MR) is 67.2 cm³/mol. The molecule has 2 aromatic rings. The van der Waals surface area contributed by atoms with E-state index in [0.717, 1.165) is 28.0 Å². The van der Waals surface area contributed by atoms with E-state index in [1.807, 2.05) is 17.5 Å². The van der Waals surface area contributed by atoms with E-state index >= 15 is 0 Å². The van der Waals surface area contributed by atoms with Crippen molar-refractivity contribution in [3.8, 4) is 0 Å². The quantitative estimate of drug-likeness (QED) is 0.820. The molecule has 2 N–H and O–H groups in total. The number of aromatic nitrogens is 2. The van der Waals surface area contributed by atoms with Crippen LogP contribution in [0, 0.1) is 0 Å². The molecule has 0 spiro atoms. The minimum Gasteiger partial charge on any atom is -0.328 e. The maximum absolute atomic E-state index is 6.16. The van der Waals surface area contributed by atoms with E-state index < -0.39 is 0 Å². The van der Waals surface area contributed by atoms with Gasteiger partial charge in [0.1, 0.15) is 5.65 Å². The van der Waals surface area contributed by atoms with Crippen molar-refractivity contribution in [1.82, 2.24) is 9.32 Å². The molecule has 0 fully saturated rings. The second-order valence-corrected chi connectivity index (χ2v) is 4.70. The Kier molecular flexibility index (Phi) is 2.96. The van der Waals surface area contributed by atoms with Gasteiger partial charge in [0, 0.05) is 23.8 Å². The molecular formula is C10H13ClN3P. The van der Waals surface area contributed by atoms with Crippen LogP contribution in [0.5, 0.6) is 0 Å². The third-order valence-corrected chi connectivity index (χ3v) is 2.99. The van der Waals surface area contributed by atoms with Crippen LogP contribution in [-0.4, -0.2) is 15.4 Å². The average molecular weight is 242 g/mol. The van der Waals surface area contributed by atoms with Gasteiger partial charge >= 0.3 is 0 Å². The van der Waals surface area contributed by atoms with Crippen LogP contribution in [0.2, 0.25) is 5.02 Å². The Bertz CT molecular complexity index is 493. The highest BCUT2D eigenvalue weighted by Crippen LogP contribution is 2.28. The molecule has 0 radical (unpaired) electrons. The van der Waals surface area contributed by atoms with Crippen LogP contribution in [0.15, 0.2) is 18.5 Å². The maximum Gasteiger partial charge on any atom is 0.144 e. The van der Waals surface area contributed by atoms with Gasteiger partial charge in [0.05, 0.1) is 5.02 Å². The molecule has 80 valence electrons. The van der Waals surface area contributed by atoms with Gasteiger partial charge in [-0.3, -0.25) is 0 Å². The summed E-state index contributed by atoms with van der Waals surface area (Å²) in [5.41, 5.74) is 7.82. The first kappa shape index (κ1) is 10.9. The van der Waals surface area contributed by atoms with Crippen molar-refractivity contribution in [2.75, 3.05) is 0 Å². The standard InChI is InChI=1S/C10H13ClN3P/c1-6(12)4-7-5-14(15)10-9(7)8(11)2-3-13-10/h2-3,5-6H,4,12,15H2,1H3. The highest BCUT2D eigenvalue weighted by Gasteiger charge is 2.11. The van der Waals surface area contributed by atoms with Gasteiger partial charge < -0.3 is 10.1 Å². The van der Waals surface area contributed by atoms with Crippen LogP contribution >= 0.6 is 21.0 Å². The molecule has 0 aromatic carbocycles. The molecule has 0 amide bonds. The number of fused-ring (bicyclic) bond motifs is 1. The van der Waals surface area contributed by atoms with E-state index in [4.69, 9.17) is 17.3 Å². The van der Waals surface area contributed by atoms with Gasteiger partial charge in [0.25, 0.3) is 0 Å². The third kappa shape index (κ3) is 2.00. The summed E-state index contributed by atoms with van der Waals surface area (Å²) < 4.78 is 1.90. The zero-order valence-electron chi connectivity index (χ0n) is 8.44. The first-order valence-corrected chi connectivity index (χ1v) is 5.64. The highest BCUT2D eigenvalue weighted by molar-refractivity contribution is 7.14. The van der Waals surface area contributed by atoms with Crippen LogP contribution in [0.4, 0.5) is 0 Å². The van der Waals surface area contributed by atoms with E-state index in [1.54, 1.807) is 12.3 Å². The fraction of sp³-hybridized carbons (Fsp3) is 0.300. The largest absolute Gasteiger partial charge is 0.328 e. The van der Waals surface area contributed by atoms with Crippen LogP contribution in [0.25, 0.3) is 11.0 Å². The number of hydrogen-bond donors (Lipinski definition) is 1. The zero-order chi connectivity index (χ0) is 11.0. The molecule has 0 bridgehead atoms. The maximum atomic E-state index is 6.16. The lowest BCUT2D eigenvalue weighted by molar-refractivity contribution is 0.741. The summed E-state index contributed by atoms with van der Waals surface area (Å²) in [5.74, 6) is 0. The molecule has 0 aliphatic rings. The second-order valence-electron chi connectivity index (χ2n) is 3.73. The highest BCUT2D eigenvalue weighted by atomic mass is 35.5. The molecule has 0 aliphatic carbocycles. The van der Waals surface area contributed by atoms with Crippen molar-refractivity contribution in [3.63, 3.8) is 0 Å². The van der Waals surface area contributed by atoms with Gasteiger partial charge in [-0.2, -0.15) is 0 Å². The van der Waals surface area contributed by atoms with E-state index in [9.17, 15) is 0 Å². The number of nitrogens with zero attached hydrogens (tertiary/aromatic N) is 2. The molecule has 2 rings (SSSR count). The number of nitrogens with two attached hydrogens (primary N) is 1. The Morgan fingerprint density at radius 3 is 3.07 bits per heavy atom.